The van der Waals surface area contributed by atoms with E-state index in [-0.39, 0.29) is 5.91 Å². The Morgan fingerprint density at radius 2 is 1.95 bits per heavy atom. The summed E-state index contributed by atoms with van der Waals surface area (Å²) in [5.74, 6) is -0.137. The summed E-state index contributed by atoms with van der Waals surface area (Å²) in [5, 5.41) is 5.88. The van der Waals surface area contributed by atoms with E-state index in [0.717, 1.165) is 5.69 Å². The average Bonchev–Trinajstić information content (AvgIpc) is 2.46. The second-order valence-electron chi connectivity index (χ2n) is 4.66. The highest BCUT2D eigenvalue weighted by atomic mass is 16.1. The van der Waals surface area contributed by atoms with Crippen LogP contribution in [0.1, 0.15) is 21.5 Å². The van der Waals surface area contributed by atoms with Crippen molar-refractivity contribution in [3.63, 3.8) is 0 Å². The second kappa shape index (κ2) is 6.10. The zero-order chi connectivity index (χ0) is 14.5. The number of rotatable bonds is 4. The van der Waals surface area contributed by atoms with E-state index in [0.29, 0.717) is 17.8 Å². The van der Waals surface area contributed by atoms with E-state index in [4.69, 9.17) is 5.73 Å². The summed E-state index contributed by atoms with van der Waals surface area (Å²) in [5.41, 5.74) is 10.4. The molecular weight excluding hydrogens is 250 g/mol. The van der Waals surface area contributed by atoms with E-state index in [1.165, 1.54) is 11.1 Å². The third-order valence-corrected chi connectivity index (χ3v) is 3.27. The zero-order valence-corrected chi connectivity index (χ0v) is 11.7. The maximum atomic E-state index is 11.5. The van der Waals surface area contributed by atoms with Gasteiger partial charge in [0.2, 0.25) is 0 Å². The summed E-state index contributed by atoms with van der Waals surface area (Å²) in [4.78, 5) is 11.5. The fourth-order valence-corrected chi connectivity index (χ4v) is 2.01. The molecule has 20 heavy (non-hydrogen) atoms. The fraction of sp³-hybridized carbons (Fsp3) is 0.188. The third kappa shape index (κ3) is 3.09. The Morgan fingerprint density at radius 1 is 1.20 bits per heavy atom. The Kier molecular flexibility index (Phi) is 4.25. The first-order valence-corrected chi connectivity index (χ1v) is 6.52. The Hall–Kier alpha value is -2.49. The van der Waals surface area contributed by atoms with Gasteiger partial charge in [-0.25, -0.2) is 0 Å². The van der Waals surface area contributed by atoms with Gasteiger partial charge in [0, 0.05) is 19.2 Å². The predicted molar refractivity (Wildman–Crippen MR) is 82.8 cm³/mol. The van der Waals surface area contributed by atoms with Crippen LogP contribution >= 0.6 is 0 Å². The minimum Gasteiger partial charge on any atom is -0.397 e. The van der Waals surface area contributed by atoms with Gasteiger partial charge in [-0.05, 0) is 36.2 Å². The van der Waals surface area contributed by atoms with Crippen LogP contribution in [0, 0.1) is 6.92 Å². The Labute approximate surface area is 119 Å². The molecule has 4 N–H and O–H groups in total. The van der Waals surface area contributed by atoms with Crippen molar-refractivity contribution in [3.05, 3.63) is 59.2 Å². The van der Waals surface area contributed by atoms with Gasteiger partial charge >= 0.3 is 0 Å². The molecule has 0 aliphatic rings. The van der Waals surface area contributed by atoms with Crippen molar-refractivity contribution >= 4 is 17.3 Å². The quantitative estimate of drug-likeness (QED) is 0.747. The highest BCUT2D eigenvalue weighted by Crippen LogP contribution is 2.21. The number of carbonyl (C=O) groups excluding carboxylic acids is 1. The van der Waals surface area contributed by atoms with Crippen LogP contribution in [-0.2, 0) is 6.54 Å². The van der Waals surface area contributed by atoms with Gasteiger partial charge in [0.25, 0.3) is 5.91 Å². The summed E-state index contributed by atoms with van der Waals surface area (Å²) >= 11 is 0. The first-order chi connectivity index (χ1) is 9.61. The van der Waals surface area contributed by atoms with E-state index < -0.39 is 0 Å². The Bertz CT molecular complexity index is 623. The van der Waals surface area contributed by atoms with E-state index >= 15 is 0 Å². The van der Waals surface area contributed by atoms with Gasteiger partial charge in [0.05, 0.1) is 11.4 Å². The predicted octanol–water partition coefficient (Wildman–Crippen LogP) is 2.55. The number of nitrogens with two attached hydrogens (primary N) is 1. The van der Waals surface area contributed by atoms with Crippen molar-refractivity contribution in [3.8, 4) is 0 Å². The van der Waals surface area contributed by atoms with Crippen molar-refractivity contribution in [2.45, 2.75) is 13.5 Å². The molecule has 0 aliphatic carbocycles. The van der Waals surface area contributed by atoms with Crippen LogP contribution in [0.4, 0.5) is 11.4 Å². The molecule has 4 nitrogen and oxygen atoms in total. The van der Waals surface area contributed by atoms with Crippen LogP contribution in [0.2, 0.25) is 0 Å². The molecule has 0 aliphatic heterocycles. The topological polar surface area (TPSA) is 67.2 Å². The highest BCUT2D eigenvalue weighted by Gasteiger charge is 2.06. The SMILES string of the molecule is CNC(=O)c1ccc(NCc2ccccc2C)c(N)c1. The number of benzene rings is 2. The first kappa shape index (κ1) is 13.9. The molecular formula is C16H19N3O. The molecule has 0 fully saturated rings. The lowest BCUT2D eigenvalue weighted by atomic mass is 10.1. The van der Waals surface area contributed by atoms with Gasteiger partial charge in [0.1, 0.15) is 0 Å². The van der Waals surface area contributed by atoms with Gasteiger partial charge in [-0.15, -0.1) is 0 Å². The van der Waals surface area contributed by atoms with Crippen LogP contribution in [0.5, 0.6) is 0 Å². The molecule has 0 radical (unpaired) electrons. The van der Waals surface area contributed by atoms with Crippen LogP contribution in [0.25, 0.3) is 0 Å². The largest absolute Gasteiger partial charge is 0.397 e. The number of nitrogen functional groups attached to an aromatic ring is 1. The van der Waals surface area contributed by atoms with Crippen LogP contribution < -0.4 is 16.4 Å². The lowest BCUT2D eigenvalue weighted by Gasteiger charge is -2.12. The smallest absolute Gasteiger partial charge is 0.251 e. The van der Waals surface area contributed by atoms with E-state index in [9.17, 15) is 4.79 Å². The average molecular weight is 269 g/mol. The normalized spacial score (nSPS) is 10.1. The summed E-state index contributed by atoms with van der Waals surface area (Å²) in [6.07, 6.45) is 0. The number of hydrogen-bond acceptors (Lipinski definition) is 3. The molecule has 0 atom stereocenters. The van der Waals surface area contributed by atoms with Crippen molar-refractivity contribution in [1.29, 1.82) is 0 Å². The van der Waals surface area contributed by atoms with Gasteiger partial charge in [-0.3, -0.25) is 4.79 Å². The first-order valence-electron chi connectivity index (χ1n) is 6.52. The number of hydrogen-bond donors (Lipinski definition) is 3. The van der Waals surface area contributed by atoms with Crippen LogP contribution in [-0.4, -0.2) is 13.0 Å². The molecule has 2 aromatic carbocycles. The van der Waals surface area contributed by atoms with Crippen molar-refractivity contribution < 1.29 is 4.79 Å². The second-order valence-corrected chi connectivity index (χ2v) is 4.66. The van der Waals surface area contributed by atoms with E-state index in [2.05, 4.69) is 29.7 Å². The number of aryl methyl sites for hydroxylation is 1. The van der Waals surface area contributed by atoms with Crippen molar-refractivity contribution in [1.82, 2.24) is 5.32 Å². The van der Waals surface area contributed by atoms with Crippen molar-refractivity contribution in [2.24, 2.45) is 0 Å². The fourth-order valence-electron chi connectivity index (χ4n) is 2.01. The van der Waals surface area contributed by atoms with Gasteiger partial charge in [-0.1, -0.05) is 24.3 Å². The standard InChI is InChI=1S/C16H19N3O/c1-11-5-3-4-6-13(11)10-19-15-8-7-12(9-14(15)17)16(20)18-2/h3-9,19H,10,17H2,1-2H3,(H,18,20). The molecule has 0 unspecified atom stereocenters. The molecule has 0 saturated heterocycles. The minimum atomic E-state index is -0.137. The minimum absolute atomic E-state index is 0.137. The molecule has 104 valence electrons. The lowest BCUT2D eigenvalue weighted by Crippen LogP contribution is -2.18. The highest BCUT2D eigenvalue weighted by molar-refractivity contribution is 5.95. The maximum absolute atomic E-state index is 11.5. The molecule has 1 amide bonds. The zero-order valence-electron chi connectivity index (χ0n) is 11.7. The molecule has 2 aromatic rings. The summed E-state index contributed by atoms with van der Waals surface area (Å²) in [7, 11) is 1.60. The maximum Gasteiger partial charge on any atom is 0.251 e. The molecule has 2 rings (SSSR count). The number of anilines is 2. The van der Waals surface area contributed by atoms with Gasteiger partial charge < -0.3 is 16.4 Å². The summed E-state index contributed by atoms with van der Waals surface area (Å²) in [6.45, 7) is 2.78. The third-order valence-electron chi connectivity index (χ3n) is 3.27. The molecule has 0 bridgehead atoms. The lowest BCUT2D eigenvalue weighted by molar-refractivity contribution is 0.0963. The number of carbonyl (C=O) groups is 1. The molecule has 0 saturated carbocycles. The summed E-state index contributed by atoms with van der Waals surface area (Å²) in [6, 6.07) is 13.5. The number of amides is 1. The Balaban J connectivity index is 2.11. The van der Waals surface area contributed by atoms with E-state index in [1.54, 1.807) is 19.2 Å². The molecule has 0 aromatic heterocycles. The summed E-state index contributed by atoms with van der Waals surface area (Å²) < 4.78 is 0. The number of nitrogens with one attached hydrogen (secondary N) is 2. The monoisotopic (exact) mass is 269 g/mol. The molecule has 0 heterocycles. The van der Waals surface area contributed by atoms with Crippen LogP contribution in [0.3, 0.4) is 0 Å². The van der Waals surface area contributed by atoms with Gasteiger partial charge in [-0.2, -0.15) is 0 Å². The molecule has 4 heteroatoms. The van der Waals surface area contributed by atoms with Gasteiger partial charge in [0.15, 0.2) is 0 Å². The Morgan fingerprint density at radius 3 is 2.60 bits per heavy atom. The molecule has 0 spiro atoms. The van der Waals surface area contributed by atoms with Crippen molar-refractivity contribution in [2.75, 3.05) is 18.1 Å². The van der Waals surface area contributed by atoms with Crippen LogP contribution in [0.15, 0.2) is 42.5 Å². The van der Waals surface area contributed by atoms with E-state index in [1.807, 2.05) is 18.2 Å².